The van der Waals surface area contributed by atoms with Gasteiger partial charge in [-0.1, -0.05) is 24.3 Å². The van der Waals surface area contributed by atoms with Crippen LogP contribution in [0.25, 0.3) is 0 Å². The van der Waals surface area contributed by atoms with Crippen LogP contribution in [0.1, 0.15) is 17.5 Å². The van der Waals surface area contributed by atoms with Crippen molar-refractivity contribution in [1.29, 1.82) is 0 Å². The maximum Gasteiger partial charge on any atom is 0.242 e. The lowest BCUT2D eigenvalue weighted by Crippen LogP contribution is -2.25. The lowest BCUT2D eigenvalue weighted by Gasteiger charge is -2.11. The van der Waals surface area contributed by atoms with Crippen molar-refractivity contribution < 1.29 is 17.9 Å². The minimum atomic E-state index is -3.42. The van der Waals surface area contributed by atoms with Crippen molar-refractivity contribution in [2.24, 2.45) is 0 Å². The van der Waals surface area contributed by atoms with E-state index in [1.165, 1.54) is 18.4 Å². The molecule has 2 rings (SSSR count). The van der Waals surface area contributed by atoms with Crippen LogP contribution in [0.15, 0.2) is 53.4 Å². The molecule has 0 saturated carbocycles. The van der Waals surface area contributed by atoms with E-state index >= 15 is 0 Å². The summed E-state index contributed by atoms with van der Waals surface area (Å²) in [5, 5.41) is 2.91. The van der Waals surface area contributed by atoms with Gasteiger partial charge in [-0.25, -0.2) is 12.7 Å². The summed E-state index contributed by atoms with van der Waals surface area (Å²) in [6.45, 7) is 0.575. The lowest BCUT2D eigenvalue weighted by atomic mass is 10.1. The number of hydrogen-bond acceptors (Lipinski definition) is 4. The van der Waals surface area contributed by atoms with Gasteiger partial charge >= 0.3 is 0 Å². The maximum absolute atomic E-state index is 12.0. The summed E-state index contributed by atoms with van der Waals surface area (Å²) < 4.78 is 30.4. The summed E-state index contributed by atoms with van der Waals surface area (Å²) in [5.41, 5.74) is 2.06. The number of hydrogen-bond donors (Lipinski definition) is 1. The first kappa shape index (κ1) is 20.9. The second kappa shape index (κ2) is 9.53. The lowest BCUT2D eigenvalue weighted by molar-refractivity contribution is -0.121. The van der Waals surface area contributed by atoms with E-state index in [1.807, 2.05) is 24.3 Å². The van der Waals surface area contributed by atoms with Gasteiger partial charge in [-0.15, -0.1) is 0 Å². The number of nitrogens with zero attached hydrogens (tertiary/aromatic N) is 1. The predicted octanol–water partition coefficient (Wildman–Crippen LogP) is 2.24. The zero-order valence-corrected chi connectivity index (χ0v) is 16.8. The molecule has 1 N–H and O–H groups in total. The second-order valence-electron chi connectivity index (χ2n) is 6.38. The average molecular weight is 391 g/mol. The molecule has 0 fully saturated rings. The molecule has 0 bridgehead atoms. The van der Waals surface area contributed by atoms with Crippen LogP contribution in [-0.4, -0.2) is 46.4 Å². The Kier molecular flexibility index (Phi) is 7.38. The Morgan fingerprint density at radius 2 is 1.52 bits per heavy atom. The van der Waals surface area contributed by atoms with Crippen LogP contribution in [0.2, 0.25) is 0 Å². The van der Waals surface area contributed by atoms with Gasteiger partial charge in [0, 0.05) is 27.1 Å². The van der Waals surface area contributed by atoms with Crippen molar-refractivity contribution in [3.63, 3.8) is 0 Å². The minimum Gasteiger partial charge on any atom is -0.497 e. The molecular formula is C20H26N2O4S. The number of amides is 1. The van der Waals surface area contributed by atoms with Crippen LogP contribution >= 0.6 is 0 Å². The molecule has 2 aromatic carbocycles. The van der Waals surface area contributed by atoms with Gasteiger partial charge in [-0.2, -0.15) is 0 Å². The van der Waals surface area contributed by atoms with Crippen molar-refractivity contribution in [3.05, 3.63) is 59.7 Å². The van der Waals surface area contributed by atoms with Crippen molar-refractivity contribution in [2.75, 3.05) is 27.7 Å². The summed E-state index contributed by atoms with van der Waals surface area (Å²) >= 11 is 0. The first-order valence-electron chi connectivity index (χ1n) is 8.74. The Morgan fingerprint density at radius 3 is 2.07 bits per heavy atom. The van der Waals surface area contributed by atoms with Gasteiger partial charge in [0.05, 0.1) is 12.0 Å². The molecule has 0 aromatic heterocycles. The molecule has 0 unspecified atom stereocenters. The topological polar surface area (TPSA) is 75.7 Å². The fraction of sp³-hybridized carbons (Fsp3) is 0.350. The highest BCUT2D eigenvalue weighted by Crippen LogP contribution is 2.15. The standard InChI is InChI=1S/C20H26N2O4S/c1-22(2)27(24,25)19-11-6-16(7-12-19)8-13-20(23)21-15-14-17-4-9-18(26-3)10-5-17/h4-7,9-12H,8,13-15H2,1-3H3,(H,21,23). The van der Waals surface area contributed by atoms with Gasteiger partial charge in [0.1, 0.15) is 5.75 Å². The monoisotopic (exact) mass is 390 g/mol. The summed E-state index contributed by atoms with van der Waals surface area (Å²) in [4.78, 5) is 12.2. The first-order valence-corrected chi connectivity index (χ1v) is 10.2. The van der Waals surface area contributed by atoms with Gasteiger partial charge in [0.2, 0.25) is 15.9 Å². The van der Waals surface area contributed by atoms with E-state index in [2.05, 4.69) is 5.32 Å². The molecule has 0 aliphatic carbocycles. The molecule has 0 spiro atoms. The minimum absolute atomic E-state index is 0.0199. The molecule has 0 aliphatic heterocycles. The normalized spacial score (nSPS) is 11.4. The Bertz CT molecular complexity index is 845. The van der Waals surface area contributed by atoms with Gasteiger partial charge < -0.3 is 10.1 Å². The molecule has 1 amide bonds. The highest BCUT2D eigenvalue weighted by Gasteiger charge is 2.16. The zero-order valence-electron chi connectivity index (χ0n) is 15.9. The predicted molar refractivity (Wildman–Crippen MR) is 105 cm³/mol. The Labute approximate surface area is 161 Å². The average Bonchev–Trinajstić information content (AvgIpc) is 2.67. The Morgan fingerprint density at radius 1 is 0.963 bits per heavy atom. The van der Waals surface area contributed by atoms with Gasteiger partial charge in [-0.05, 0) is 48.2 Å². The zero-order chi connectivity index (χ0) is 19.9. The first-order chi connectivity index (χ1) is 12.8. The fourth-order valence-corrected chi connectivity index (χ4v) is 3.43. The van der Waals surface area contributed by atoms with Crippen LogP contribution < -0.4 is 10.1 Å². The second-order valence-corrected chi connectivity index (χ2v) is 8.53. The van der Waals surface area contributed by atoms with Crippen LogP contribution in [0, 0.1) is 0 Å². The van der Waals surface area contributed by atoms with Gasteiger partial charge in [0.25, 0.3) is 0 Å². The molecular weight excluding hydrogens is 364 g/mol. The largest absolute Gasteiger partial charge is 0.497 e. The van der Waals surface area contributed by atoms with E-state index in [1.54, 1.807) is 31.4 Å². The number of nitrogens with one attached hydrogen (secondary N) is 1. The van der Waals surface area contributed by atoms with Crippen LogP contribution in [-0.2, 0) is 27.7 Å². The summed E-state index contributed by atoms with van der Waals surface area (Å²) in [6, 6.07) is 14.4. The summed E-state index contributed by atoms with van der Waals surface area (Å²) in [7, 11) is 1.21. The third kappa shape index (κ3) is 6.08. The molecule has 0 aliphatic rings. The number of methoxy groups -OCH3 is 1. The third-order valence-corrected chi connectivity index (χ3v) is 6.07. The molecule has 0 atom stereocenters. The quantitative estimate of drug-likeness (QED) is 0.712. The van der Waals surface area contributed by atoms with Crippen molar-refractivity contribution in [1.82, 2.24) is 9.62 Å². The Hall–Kier alpha value is -2.38. The van der Waals surface area contributed by atoms with Crippen LogP contribution in [0.3, 0.4) is 0 Å². The van der Waals surface area contributed by atoms with E-state index in [0.29, 0.717) is 19.4 Å². The van der Waals surface area contributed by atoms with Gasteiger partial charge in [0.15, 0.2) is 0 Å². The maximum atomic E-state index is 12.0. The van der Waals surface area contributed by atoms with Crippen LogP contribution in [0.4, 0.5) is 0 Å². The van der Waals surface area contributed by atoms with E-state index in [9.17, 15) is 13.2 Å². The van der Waals surface area contributed by atoms with Crippen molar-refractivity contribution in [3.8, 4) is 5.75 Å². The number of benzene rings is 2. The molecule has 0 heterocycles. The molecule has 6 nitrogen and oxygen atoms in total. The van der Waals surface area contributed by atoms with Crippen molar-refractivity contribution >= 4 is 15.9 Å². The van der Waals surface area contributed by atoms with Crippen LogP contribution in [0.5, 0.6) is 5.75 Å². The number of carbonyl (C=O) groups excluding carboxylic acids is 1. The highest BCUT2D eigenvalue weighted by molar-refractivity contribution is 7.89. The summed E-state index contributed by atoms with van der Waals surface area (Å²) in [5.74, 6) is 0.792. The van der Waals surface area contributed by atoms with E-state index in [0.717, 1.165) is 23.3 Å². The smallest absolute Gasteiger partial charge is 0.242 e. The Balaban J connectivity index is 1.76. The number of sulfonamides is 1. The number of carbonyl (C=O) groups is 1. The van der Waals surface area contributed by atoms with E-state index in [-0.39, 0.29) is 10.8 Å². The van der Waals surface area contributed by atoms with E-state index < -0.39 is 10.0 Å². The molecule has 27 heavy (non-hydrogen) atoms. The third-order valence-electron chi connectivity index (χ3n) is 4.24. The number of rotatable bonds is 9. The molecule has 7 heteroatoms. The molecule has 0 radical (unpaired) electrons. The SMILES string of the molecule is COc1ccc(CCNC(=O)CCc2ccc(S(=O)(=O)N(C)C)cc2)cc1. The fourth-order valence-electron chi connectivity index (χ4n) is 2.52. The molecule has 2 aromatic rings. The van der Waals surface area contributed by atoms with Gasteiger partial charge in [-0.3, -0.25) is 4.79 Å². The number of aryl methyl sites for hydroxylation is 1. The highest BCUT2D eigenvalue weighted by atomic mass is 32.2. The van der Waals surface area contributed by atoms with E-state index in [4.69, 9.17) is 4.74 Å². The molecule has 0 saturated heterocycles. The summed E-state index contributed by atoms with van der Waals surface area (Å²) in [6.07, 6.45) is 1.69. The van der Waals surface area contributed by atoms with Crippen molar-refractivity contribution in [2.45, 2.75) is 24.2 Å². The molecule has 146 valence electrons. The number of ether oxygens (including phenoxy) is 1.